The Morgan fingerprint density at radius 2 is 1.59 bits per heavy atom. The molecule has 0 bridgehead atoms. The quantitative estimate of drug-likeness (QED) is 0.0733. The Morgan fingerprint density at radius 1 is 0.837 bits per heavy atom. The number of amides is 1. The van der Waals surface area contributed by atoms with Crippen LogP contribution in [-0.4, -0.2) is 30.9 Å². The lowest BCUT2D eigenvalue weighted by atomic mass is 10.2. The molecule has 0 fully saturated rings. The third kappa shape index (κ3) is 7.10. The van der Waals surface area contributed by atoms with Crippen LogP contribution in [0.15, 0.2) is 124 Å². The van der Waals surface area contributed by atoms with Gasteiger partial charge in [0.25, 0.3) is 5.91 Å². The molecule has 3 heterocycles. The van der Waals surface area contributed by atoms with Crippen LogP contribution >= 0.6 is 0 Å². The van der Waals surface area contributed by atoms with Crippen molar-refractivity contribution >= 4 is 52.0 Å². The van der Waals surface area contributed by atoms with Gasteiger partial charge in [0.15, 0.2) is 11.5 Å². The minimum absolute atomic E-state index is 0.0771. The summed E-state index contributed by atoms with van der Waals surface area (Å²) in [5.41, 5.74) is 2.33. The lowest BCUT2D eigenvalue weighted by Crippen LogP contribution is -2.12. The molecule has 1 amide bonds. The molecule has 0 aliphatic heterocycles. The van der Waals surface area contributed by atoms with Crippen molar-refractivity contribution < 1.29 is 28.4 Å². The third-order valence-corrected chi connectivity index (χ3v) is 7.11. The molecule has 3 N–H and O–H groups in total. The SMILES string of the molecule is O=C(Nc1ccc2c(Nc3ccc(O)cc3)nc(C=Cc3ccc([N+](=O)[O-])o3)nc2c1)c1coc(-c2ccc(Oc3ccccc3)cc2)n1. The number of aromatic nitrogens is 3. The number of phenols is 1. The molecule has 7 aromatic rings. The van der Waals surface area contributed by atoms with Gasteiger partial charge in [-0.25, -0.2) is 15.0 Å². The van der Waals surface area contributed by atoms with E-state index in [1.807, 2.05) is 30.3 Å². The topological polar surface area (TPSA) is 179 Å². The van der Waals surface area contributed by atoms with E-state index in [0.717, 1.165) is 0 Å². The van der Waals surface area contributed by atoms with Gasteiger partial charge in [0.2, 0.25) is 5.89 Å². The summed E-state index contributed by atoms with van der Waals surface area (Å²) in [4.78, 5) is 37.1. The Bertz CT molecular complexity index is 2320. The lowest BCUT2D eigenvalue weighted by molar-refractivity contribution is -0.402. The molecule has 0 atom stereocenters. The fraction of sp³-hybridized carbons (Fsp3) is 0. The molecule has 0 aliphatic rings. The summed E-state index contributed by atoms with van der Waals surface area (Å²) < 4.78 is 16.6. The smallest absolute Gasteiger partial charge is 0.433 e. The Morgan fingerprint density at radius 3 is 2.35 bits per heavy atom. The van der Waals surface area contributed by atoms with Crippen LogP contribution in [0.25, 0.3) is 34.5 Å². The van der Waals surface area contributed by atoms with Crippen LogP contribution in [0.4, 0.5) is 23.1 Å². The number of carbonyl (C=O) groups is 1. The van der Waals surface area contributed by atoms with Crippen LogP contribution in [0.1, 0.15) is 22.1 Å². The van der Waals surface area contributed by atoms with Gasteiger partial charge in [0.05, 0.1) is 11.6 Å². The van der Waals surface area contributed by atoms with Gasteiger partial charge >= 0.3 is 5.88 Å². The molecule has 0 aliphatic carbocycles. The number of oxazole rings is 1. The van der Waals surface area contributed by atoms with E-state index in [-0.39, 0.29) is 34.8 Å². The highest BCUT2D eigenvalue weighted by Crippen LogP contribution is 2.29. The maximum absolute atomic E-state index is 13.2. The molecule has 0 radical (unpaired) electrons. The van der Waals surface area contributed by atoms with E-state index in [1.54, 1.807) is 60.7 Å². The summed E-state index contributed by atoms with van der Waals surface area (Å²) in [6.45, 7) is 0. The number of nitrogens with zero attached hydrogens (tertiary/aromatic N) is 4. The number of hydrogen-bond donors (Lipinski definition) is 3. The second-order valence-electron chi connectivity index (χ2n) is 10.5. The van der Waals surface area contributed by atoms with Gasteiger partial charge in [-0.1, -0.05) is 18.2 Å². The Hall–Kier alpha value is -7.28. The largest absolute Gasteiger partial charge is 0.508 e. The first-order chi connectivity index (χ1) is 23.9. The fourth-order valence-electron chi connectivity index (χ4n) is 4.76. The van der Waals surface area contributed by atoms with Crippen molar-refractivity contribution in [1.29, 1.82) is 0 Å². The number of aromatic hydroxyl groups is 1. The van der Waals surface area contributed by atoms with E-state index >= 15 is 0 Å². The maximum Gasteiger partial charge on any atom is 0.433 e. The number of rotatable bonds is 10. The number of hydrogen-bond acceptors (Lipinski definition) is 11. The predicted octanol–water partition coefficient (Wildman–Crippen LogP) is 8.45. The summed E-state index contributed by atoms with van der Waals surface area (Å²) >= 11 is 0. The molecule has 240 valence electrons. The van der Waals surface area contributed by atoms with Gasteiger partial charge in [0.1, 0.15) is 40.0 Å². The second-order valence-corrected chi connectivity index (χ2v) is 10.5. The summed E-state index contributed by atoms with van der Waals surface area (Å²) in [6.07, 6.45) is 4.34. The Balaban J connectivity index is 1.12. The van der Waals surface area contributed by atoms with Crippen LogP contribution in [0.2, 0.25) is 0 Å². The number of ether oxygens (including phenoxy) is 1. The number of nitrogens with one attached hydrogen (secondary N) is 2. The molecule has 49 heavy (non-hydrogen) atoms. The normalized spacial score (nSPS) is 11.1. The summed E-state index contributed by atoms with van der Waals surface area (Å²) in [5.74, 6) is 1.81. The molecule has 13 nitrogen and oxygen atoms in total. The molecule has 0 saturated carbocycles. The highest BCUT2D eigenvalue weighted by Gasteiger charge is 2.16. The van der Waals surface area contributed by atoms with Crippen LogP contribution in [0, 0.1) is 10.1 Å². The van der Waals surface area contributed by atoms with Crippen molar-refractivity contribution in [2.24, 2.45) is 0 Å². The number of anilines is 3. The van der Waals surface area contributed by atoms with Crippen LogP contribution in [0.3, 0.4) is 0 Å². The van der Waals surface area contributed by atoms with E-state index in [1.165, 1.54) is 36.6 Å². The first-order valence-corrected chi connectivity index (χ1v) is 14.8. The standard InChI is InChI=1S/C36H24N6O7/c43-25-11-8-23(9-12-25)37-34-29-17-10-24(20-30(29)39-32(41-34)18-15-28-16-19-33(49-28)42(45)46)38-35(44)31-21-47-36(40-31)22-6-13-27(14-7-22)48-26-4-2-1-3-5-26/h1-21,43H,(H,38,44)(H,37,39,41). The molecule has 13 heteroatoms. The monoisotopic (exact) mass is 652 g/mol. The highest BCUT2D eigenvalue weighted by atomic mass is 16.6. The molecule has 0 saturated heterocycles. The Labute approximate surface area is 277 Å². The molecule has 3 aromatic heterocycles. The average molecular weight is 653 g/mol. The van der Waals surface area contributed by atoms with E-state index in [2.05, 4.69) is 25.6 Å². The first-order valence-electron chi connectivity index (χ1n) is 14.8. The van der Waals surface area contributed by atoms with Gasteiger partial charge in [-0.3, -0.25) is 14.9 Å². The van der Waals surface area contributed by atoms with E-state index in [4.69, 9.17) is 13.6 Å². The molecule has 0 spiro atoms. The van der Waals surface area contributed by atoms with Crippen molar-refractivity contribution in [3.8, 4) is 28.7 Å². The van der Waals surface area contributed by atoms with Crippen LogP contribution in [-0.2, 0) is 0 Å². The van der Waals surface area contributed by atoms with Crippen LogP contribution in [0.5, 0.6) is 17.2 Å². The van der Waals surface area contributed by atoms with Crippen molar-refractivity contribution in [2.75, 3.05) is 10.6 Å². The van der Waals surface area contributed by atoms with Gasteiger partial charge < -0.3 is 29.3 Å². The van der Waals surface area contributed by atoms with Gasteiger partial charge in [-0.15, -0.1) is 0 Å². The van der Waals surface area contributed by atoms with Gasteiger partial charge in [-0.2, -0.15) is 0 Å². The summed E-state index contributed by atoms with van der Waals surface area (Å²) in [7, 11) is 0. The number of fused-ring (bicyclic) bond motifs is 1. The number of nitro groups is 1. The summed E-state index contributed by atoms with van der Waals surface area (Å²) in [5, 5.41) is 27.4. The van der Waals surface area contributed by atoms with Crippen molar-refractivity contribution in [1.82, 2.24) is 15.0 Å². The minimum Gasteiger partial charge on any atom is -0.508 e. The maximum atomic E-state index is 13.2. The number of phenolic OH excluding ortho intramolecular Hbond substituents is 1. The number of furan rings is 1. The molecular formula is C36H24N6O7. The predicted molar refractivity (Wildman–Crippen MR) is 182 cm³/mol. The number of para-hydroxylation sites is 1. The van der Waals surface area contributed by atoms with Crippen molar-refractivity contribution in [3.05, 3.63) is 143 Å². The van der Waals surface area contributed by atoms with Crippen LogP contribution < -0.4 is 15.4 Å². The van der Waals surface area contributed by atoms with Gasteiger partial charge in [0, 0.05) is 22.3 Å². The van der Waals surface area contributed by atoms with Crippen molar-refractivity contribution in [3.63, 3.8) is 0 Å². The lowest BCUT2D eigenvalue weighted by Gasteiger charge is -2.11. The van der Waals surface area contributed by atoms with E-state index in [9.17, 15) is 20.0 Å². The highest BCUT2D eigenvalue weighted by molar-refractivity contribution is 6.04. The van der Waals surface area contributed by atoms with E-state index < -0.39 is 10.8 Å². The zero-order chi connectivity index (χ0) is 33.7. The average Bonchev–Trinajstić information content (AvgIpc) is 3.80. The fourth-order valence-corrected chi connectivity index (χ4v) is 4.76. The minimum atomic E-state index is -0.626. The molecule has 0 unspecified atom stereocenters. The van der Waals surface area contributed by atoms with Crippen molar-refractivity contribution in [2.45, 2.75) is 0 Å². The van der Waals surface area contributed by atoms with Gasteiger partial charge in [-0.05, 0) is 97.1 Å². The first kappa shape index (κ1) is 30.4. The molecule has 4 aromatic carbocycles. The number of benzene rings is 4. The third-order valence-electron chi connectivity index (χ3n) is 7.11. The summed E-state index contributed by atoms with van der Waals surface area (Å²) in [6, 6.07) is 30.9. The molecular weight excluding hydrogens is 628 g/mol. The molecule has 7 rings (SSSR count). The zero-order valence-corrected chi connectivity index (χ0v) is 25.3. The zero-order valence-electron chi connectivity index (χ0n) is 25.3. The second kappa shape index (κ2) is 13.2. The van der Waals surface area contributed by atoms with E-state index in [0.29, 0.717) is 45.2 Å². The number of carbonyl (C=O) groups excluding carboxylic acids is 1. The Kier molecular flexibility index (Phi) is 8.19.